The summed E-state index contributed by atoms with van der Waals surface area (Å²) in [7, 11) is 0. The molecule has 0 amide bonds. The molecule has 210 valence electrons. The largest absolute Gasteiger partial charge is 0.494 e. The van der Waals surface area contributed by atoms with Crippen LogP contribution in [0.5, 0.6) is 11.5 Å². The first-order chi connectivity index (χ1) is 19.9. The number of carbonyl (C=O) groups is 1. The summed E-state index contributed by atoms with van der Waals surface area (Å²) in [5.74, 6) is 0.748. The summed E-state index contributed by atoms with van der Waals surface area (Å²) in [4.78, 5) is 32.9. The summed E-state index contributed by atoms with van der Waals surface area (Å²) >= 11 is 7.67. The Morgan fingerprint density at radius 2 is 1.71 bits per heavy atom. The molecule has 0 aliphatic carbocycles. The van der Waals surface area contributed by atoms with Gasteiger partial charge < -0.3 is 14.2 Å². The highest BCUT2D eigenvalue weighted by Crippen LogP contribution is 2.35. The van der Waals surface area contributed by atoms with Crippen LogP contribution < -0.4 is 24.4 Å². The molecule has 0 N–H and O–H groups in total. The average molecular weight is 589 g/mol. The van der Waals surface area contributed by atoms with Crippen LogP contribution in [-0.2, 0) is 9.53 Å². The van der Waals surface area contributed by atoms with E-state index in [4.69, 9.17) is 30.8 Å². The Morgan fingerprint density at radius 3 is 2.37 bits per heavy atom. The van der Waals surface area contributed by atoms with E-state index >= 15 is 0 Å². The van der Waals surface area contributed by atoms with Gasteiger partial charge in [0.2, 0.25) is 0 Å². The molecule has 0 spiro atoms. The van der Waals surface area contributed by atoms with E-state index in [2.05, 4.69) is 0 Å². The zero-order valence-electron chi connectivity index (χ0n) is 22.9. The van der Waals surface area contributed by atoms with Gasteiger partial charge in [0.15, 0.2) is 4.80 Å². The number of thiazole rings is 1. The lowest BCUT2D eigenvalue weighted by Gasteiger charge is -2.26. The second-order valence-electron chi connectivity index (χ2n) is 9.06. The van der Waals surface area contributed by atoms with E-state index in [9.17, 15) is 9.59 Å². The van der Waals surface area contributed by atoms with Crippen molar-refractivity contribution in [3.05, 3.63) is 120 Å². The number of hydrogen-bond donors (Lipinski definition) is 0. The Kier molecular flexibility index (Phi) is 8.71. The molecule has 0 unspecified atom stereocenters. The van der Waals surface area contributed by atoms with Crippen molar-refractivity contribution in [3.63, 3.8) is 0 Å². The van der Waals surface area contributed by atoms with E-state index in [1.54, 1.807) is 29.7 Å². The highest BCUT2D eigenvalue weighted by Gasteiger charge is 2.35. The highest BCUT2D eigenvalue weighted by molar-refractivity contribution is 7.07. The van der Waals surface area contributed by atoms with Crippen molar-refractivity contribution in [2.75, 3.05) is 19.8 Å². The predicted octanol–water partition coefficient (Wildman–Crippen LogP) is 5.39. The molecule has 0 saturated carbocycles. The summed E-state index contributed by atoms with van der Waals surface area (Å²) < 4.78 is 18.7. The Bertz CT molecular complexity index is 1780. The third-order valence-corrected chi connectivity index (χ3v) is 7.71. The second kappa shape index (κ2) is 12.6. The number of carbonyl (C=O) groups excluding carboxylic acids is 1. The van der Waals surface area contributed by atoms with Gasteiger partial charge in [-0.25, -0.2) is 9.79 Å². The number of benzene rings is 3. The van der Waals surface area contributed by atoms with Gasteiger partial charge in [0.1, 0.15) is 11.5 Å². The lowest BCUT2D eigenvalue weighted by Crippen LogP contribution is -2.40. The first-order valence-electron chi connectivity index (χ1n) is 13.4. The predicted molar refractivity (Wildman–Crippen MR) is 161 cm³/mol. The standard InChI is InChI=1S/C32H29ClN2O5S/c1-4-38-23-15-13-22(14-16-23)29-27(31(37)40-6-3)28(21-10-8-7-9-11-21)34-32-35(29)30(36)26(41-32)19-20-12-17-25(39-5-2)24(33)18-20/h7-19,29H,4-6H2,1-3H3/b26-19-/t29-/m0/s1. The summed E-state index contributed by atoms with van der Waals surface area (Å²) in [6.07, 6.45) is 1.77. The van der Waals surface area contributed by atoms with Crippen molar-refractivity contribution in [3.8, 4) is 11.5 Å². The van der Waals surface area contributed by atoms with Crippen molar-refractivity contribution in [2.45, 2.75) is 26.8 Å². The van der Waals surface area contributed by atoms with Gasteiger partial charge in [0.25, 0.3) is 5.56 Å². The Hall–Kier alpha value is -4.14. The molecule has 4 aromatic rings. The quantitative estimate of drug-likeness (QED) is 0.245. The van der Waals surface area contributed by atoms with E-state index < -0.39 is 12.0 Å². The molecule has 0 fully saturated rings. The molecule has 0 bridgehead atoms. The van der Waals surface area contributed by atoms with E-state index in [1.807, 2.05) is 74.5 Å². The average Bonchev–Trinajstić information content (AvgIpc) is 3.29. The van der Waals surface area contributed by atoms with Gasteiger partial charge in [-0.1, -0.05) is 71.5 Å². The van der Waals surface area contributed by atoms with Crippen molar-refractivity contribution < 1.29 is 19.0 Å². The normalized spacial score (nSPS) is 14.8. The zero-order valence-corrected chi connectivity index (χ0v) is 24.5. The second-order valence-corrected chi connectivity index (χ2v) is 10.5. The van der Waals surface area contributed by atoms with E-state index in [0.717, 1.165) is 16.7 Å². The summed E-state index contributed by atoms with van der Waals surface area (Å²) in [6.45, 7) is 6.76. The Labute approximate surface area is 246 Å². The van der Waals surface area contributed by atoms with Crippen LogP contribution >= 0.6 is 22.9 Å². The number of aromatic nitrogens is 1. The molecule has 7 nitrogen and oxygen atoms in total. The van der Waals surface area contributed by atoms with Crippen LogP contribution in [-0.4, -0.2) is 30.4 Å². The van der Waals surface area contributed by atoms with Crippen LogP contribution in [0.25, 0.3) is 11.8 Å². The van der Waals surface area contributed by atoms with Crippen LogP contribution in [0, 0.1) is 0 Å². The molecule has 5 rings (SSSR count). The topological polar surface area (TPSA) is 79.1 Å². The maximum atomic E-state index is 14.0. The fourth-order valence-electron chi connectivity index (χ4n) is 4.70. The number of esters is 1. The molecule has 3 aromatic carbocycles. The Morgan fingerprint density at radius 1 is 0.976 bits per heavy atom. The molecule has 1 aromatic heterocycles. The van der Waals surface area contributed by atoms with Crippen LogP contribution in [0.15, 0.2) is 88.2 Å². The van der Waals surface area contributed by atoms with Gasteiger partial charge in [-0.2, -0.15) is 0 Å². The van der Waals surface area contributed by atoms with Gasteiger partial charge in [-0.05, 0) is 62.2 Å². The number of fused-ring (bicyclic) bond motifs is 1. The Balaban J connectivity index is 1.76. The third-order valence-electron chi connectivity index (χ3n) is 6.43. The van der Waals surface area contributed by atoms with E-state index in [1.165, 1.54) is 11.3 Å². The summed E-state index contributed by atoms with van der Waals surface area (Å²) in [6, 6.07) is 21.5. The van der Waals surface area contributed by atoms with Crippen molar-refractivity contribution in [1.82, 2.24) is 4.57 Å². The molecule has 0 radical (unpaired) electrons. The van der Waals surface area contributed by atoms with Crippen molar-refractivity contribution >= 4 is 40.7 Å². The first kappa shape index (κ1) is 28.4. The molecule has 9 heteroatoms. The van der Waals surface area contributed by atoms with Crippen molar-refractivity contribution in [2.24, 2.45) is 4.99 Å². The maximum Gasteiger partial charge on any atom is 0.338 e. The monoisotopic (exact) mass is 588 g/mol. The molecule has 1 aliphatic rings. The summed E-state index contributed by atoms with van der Waals surface area (Å²) in [5.41, 5.74) is 2.73. The van der Waals surface area contributed by atoms with Gasteiger partial charge in [-0.15, -0.1) is 0 Å². The van der Waals surface area contributed by atoms with Gasteiger partial charge in [0.05, 0.1) is 46.7 Å². The fraction of sp³-hybridized carbons (Fsp3) is 0.219. The fourth-order valence-corrected chi connectivity index (χ4v) is 5.94. The maximum absolute atomic E-state index is 14.0. The third kappa shape index (κ3) is 5.85. The first-order valence-corrected chi connectivity index (χ1v) is 14.6. The van der Waals surface area contributed by atoms with E-state index in [-0.39, 0.29) is 12.2 Å². The smallest absolute Gasteiger partial charge is 0.338 e. The van der Waals surface area contributed by atoms with Crippen LogP contribution in [0.1, 0.15) is 43.5 Å². The lowest BCUT2D eigenvalue weighted by atomic mass is 9.93. The van der Waals surface area contributed by atoms with E-state index in [0.29, 0.717) is 50.3 Å². The van der Waals surface area contributed by atoms with Gasteiger partial charge >= 0.3 is 5.97 Å². The lowest BCUT2D eigenvalue weighted by molar-refractivity contribution is -0.138. The number of ether oxygens (including phenoxy) is 3. The van der Waals surface area contributed by atoms with Gasteiger partial charge in [-0.3, -0.25) is 9.36 Å². The molecule has 41 heavy (non-hydrogen) atoms. The van der Waals surface area contributed by atoms with Crippen molar-refractivity contribution in [1.29, 1.82) is 0 Å². The number of hydrogen-bond acceptors (Lipinski definition) is 7. The van der Waals surface area contributed by atoms with Crippen LogP contribution in [0.4, 0.5) is 0 Å². The molecule has 0 saturated heterocycles. The van der Waals surface area contributed by atoms with Crippen LogP contribution in [0.2, 0.25) is 5.02 Å². The molecule has 1 aliphatic heterocycles. The molecule has 2 heterocycles. The minimum absolute atomic E-state index is 0.184. The number of rotatable bonds is 9. The highest BCUT2D eigenvalue weighted by atomic mass is 35.5. The SMILES string of the molecule is CCOC(=O)C1=C(c2ccccc2)N=c2s/c(=C\c3ccc(OCC)c(Cl)c3)c(=O)n2[C@H]1c1ccc(OCC)cc1. The van der Waals surface area contributed by atoms with Gasteiger partial charge in [0, 0.05) is 5.56 Å². The molecular weight excluding hydrogens is 560 g/mol. The molecular formula is C32H29ClN2O5S. The van der Waals surface area contributed by atoms with Crippen LogP contribution in [0.3, 0.4) is 0 Å². The number of halogens is 1. The summed E-state index contributed by atoms with van der Waals surface area (Å²) in [5, 5.41) is 0.455. The zero-order chi connectivity index (χ0) is 28.9. The molecule has 1 atom stereocenters. The number of nitrogens with zero attached hydrogens (tertiary/aromatic N) is 2. The minimum atomic E-state index is -0.762. The minimum Gasteiger partial charge on any atom is -0.494 e.